The topological polar surface area (TPSA) is 15.3 Å². The number of halogens is 1. The molecule has 0 spiro atoms. The van der Waals surface area contributed by atoms with Crippen LogP contribution in [0.4, 0.5) is 10.1 Å². The van der Waals surface area contributed by atoms with E-state index in [0.29, 0.717) is 0 Å². The number of benzene rings is 1. The smallest absolute Gasteiger partial charge is 0.146 e. The Morgan fingerprint density at radius 3 is 2.25 bits per heavy atom. The Morgan fingerprint density at radius 2 is 1.75 bits per heavy atom. The second kappa shape index (κ2) is 8.25. The molecule has 1 aromatic rings. The molecule has 2 nitrogen and oxygen atoms in total. The second-order valence-electron chi connectivity index (χ2n) is 5.45. The van der Waals surface area contributed by atoms with Gasteiger partial charge in [0.05, 0.1) is 5.69 Å². The summed E-state index contributed by atoms with van der Waals surface area (Å²) in [5, 5.41) is 3.47. The third-order valence-electron chi connectivity index (χ3n) is 4.35. The molecule has 0 saturated carbocycles. The van der Waals surface area contributed by atoms with Gasteiger partial charge in [0.15, 0.2) is 0 Å². The molecule has 3 heteroatoms. The summed E-state index contributed by atoms with van der Waals surface area (Å²) < 4.78 is 14.0. The maximum atomic E-state index is 14.0. The number of hydrogen-bond donors (Lipinski definition) is 1. The minimum absolute atomic E-state index is 0.126. The van der Waals surface area contributed by atoms with E-state index < -0.39 is 0 Å². The van der Waals surface area contributed by atoms with Crippen molar-refractivity contribution in [3.05, 3.63) is 30.1 Å². The van der Waals surface area contributed by atoms with Crippen molar-refractivity contribution in [2.75, 3.05) is 31.1 Å². The van der Waals surface area contributed by atoms with Gasteiger partial charge in [0.2, 0.25) is 0 Å². The van der Waals surface area contributed by atoms with E-state index in [2.05, 4.69) is 37.9 Å². The normalized spacial score (nSPS) is 11.7. The first kappa shape index (κ1) is 17.0. The zero-order valence-corrected chi connectivity index (χ0v) is 13.4. The third-order valence-corrected chi connectivity index (χ3v) is 4.35. The van der Waals surface area contributed by atoms with Gasteiger partial charge in [-0.1, -0.05) is 32.9 Å². The first-order valence-corrected chi connectivity index (χ1v) is 7.82. The van der Waals surface area contributed by atoms with Crippen molar-refractivity contribution < 1.29 is 4.39 Å². The summed E-state index contributed by atoms with van der Waals surface area (Å²) in [6.07, 6.45) is 2.20. The highest BCUT2D eigenvalue weighted by Crippen LogP contribution is 2.30. The van der Waals surface area contributed by atoms with Crippen LogP contribution in [0.5, 0.6) is 0 Å². The molecule has 20 heavy (non-hydrogen) atoms. The van der Waals surface area contributed by atoms with Gasteiger partial charge in [-0.25, -0.2) is 4.39 Å². The molecular weight excluding hydrogens is 251 g/mol. The van der Waals surface area contributed by atoms with Crippen molar-refractivity contribution >= 4 is 5.69 Å². The highest BCUT2D eigenvalue weighted by molar-refractivity contribution is 5.47. The average Bonchev–Trinajstić information content (AvgIpc) is 2.49. The molecule has 114 valence electrons. The first-order chi connectivity index (χ1) is 9.62. The summed E-state index contributed by atoms with van der Waals surface area (Å²) >= 11 is 0. The zero-order valence-electron chi connectivity index (χ0n) is 13.4. The fourth-order valence-electron chi connectivity index (χ4n) is 2.65. The summed E-state index contributed by atoms with van der Waals surface area (Å²) in [5.74, 6) is -0.126. The quantitative estimate of drug-likeness (QED) is 0.733. The lowest BCUT2D eigenvalue weighted by atomic mass is 9.81. The number of hydrogen-bond acceptors (Lipinski definition) is 2. The second-order valence-corrected chi connectivity index (χ2v) is 5.45. The molecule has 0 aromatic heterocycles. The van der Waals surface area contributed by atoms with Crippen LogP contribution in [0.15, 0.2) is 24.3 Å². The molecule has 0 unspecified atom stereocenters. The SMILES string of the molecule is CCNCC(CC)(CC)CN(CC)c1ccccc1F. The molecule has 0 bridgehead atoms. The molecule has 0 saturated heterocycles. The minimum Gasteiger partial charge on any atom is -0.369 e. The lowest BCUT2D eigenvalue weighted by molar-refractivity contribution is 0.254. The van der Waals surface area contributed by atoms with E-state index in [1.807, 2.05) is 12.1 Å². The van der Waals surface area contributed by atoms with Gasteiger partial charge in [0.25, 0.3) is 0 Å². The Bertz CT molecular complexity index is 388. The fourth-order valence-corrected chi connectivity index (χ4v) is 2.65. The molecule has 0 atom stereocenters. The molecule has 0 fully saturated rings. The number of para-hydroxylation sites is 1. The standard InChI is InChI=1S/C17H29FN2/c1-5-17(6-2,13-19-7-3)14-20(8-4)16-12-10-9-11-15(16)18/h9-12,19H,5-8,13-14H2,1-4H3. The van der Waals surface area contributed by atoms with Gasteiger partial charge in [-0.15, -0.1) is 0 Å². The molecule has 0 amide bonds. The van der Waals surface area contributed by atoms with Crippen molar-refractivity contribution in [2.45, 2.75) is 40.5 Å². The van der Waals surface area contributed by atoms with Gasteiger partial charge >= 0.3 is 0 Å². The summed E-state index contributed by atoms with van der Waals surface area (Å²) in [4.78, 5) is 2.17. The molecular formula is C17H29FN2. The monoisotopic (exact) mass is 280 g/mol. The van der Waals surface area contributed by atoms with Crippen molar-refractivity contribution in [1.29, 1.82) is 0 Å². The number of anilines is 1. The Labute approximate surface area is 123 Å². The molecule has 1 N–H and O–H groups in total. The average molecular weight is 280 g/mol. The maximum Gasteiger partial charge on any atom is 0.146 e. The Kier molecular flexibility index (Phi) is 7.00. The van der Waals surface area contributed by atoms with Gasteiger partial charge in [0.1, 0.15) is 5.82 Å². The first-order valence-electron chi connectivity index (χ1n) is 7.82. The highest BCUT2D eigenvalue weighted by atomic mass is 19.1. The maximum absolute atomic E-state index is 14.0. The largest absolute Gasteiger partial charge is 0.369 e. The summed E-state index contributed by atoms with van der Waals surface area (Å²) in [6.45, 7) is 12.4. The van der Waals surface area contributed by atoms with Crippen LogP contribution in [-0.2, 0) is 0 Å². The number of rotatable bonds is 9. The Hall–Kier alpha value is -1.09. The van der Waals surface area contributed by atoms with Crippen LogP contribution in [0, 0.1) is 11.2 Å². The van der Waals surface area contributed by atoms with Crippen LogP contribution in [0.1, 0.15) is 40.5 Å². The van der Waals surface area contributed by atoms with Crippen LogP contribution in [-0.4, -0.2) is 26.2 Å². The molecule has 1 aromatic carbocycles. The van der Waals surface area contributed by atoms with Crippen LogP contribution in [0.3, 0.4) is 0 Å². The van der Waals surface area contributed by atoms with Crippen molar-refractivity contribution in [3.8, 4) is 0 Å². The van der Waals surface area contributed by atoms with E-state index in [-0.39, 0.29) is 11.2 Å². The van der Waals surface area contributed by atoms with E-state index in [4.69, 9.17) is 0 Å². The molecule has 1 rings (SSSR count). The van der Waals surface area contributed by atoms with Crippen LogP contribution < -0.4 is 10.2 Å². The third kappa shape index (κ3) is 4.20. The molecule has 0 heterocycles. The predicted octanol–water partition coefficient (Wildman–Crippen LogP) is 4.07. The molecule has 0 aliphatic rings. The van der Waals surface area contributed by atoms with Gasteiger partial charge in [0, 0.05) is 19.6 Å². The van der Waals surface area contributed by atoms with Crippen LogP contribution in [0.25, 0.3) is 0 Å². The van der Waals surface area contributed by atoms with Crippen molar-refractivity contribution in [2.24, 2.45) is 5.41 Å². The fraction of sp³-hybridized carbons (Fsp3) is 0.647. The van der Waals surface area contributed by atoms with Gasteiger partial charge in [-0.2, -0.15) is 0 Å². The van der Waals surface area contributed by atoms with E-state index in [1.54, 1.807) is 12.1 Å². The Morgan fingerprint density at radius 1 is 1.10 bits per heavy atom. The lowest BCUT2D eigenvalue weighted by Crippen LogP contribution is -2.44. The summed E-state index contributed by atoms with van der Waals surface area (Å²) in [7, 11) is 0. The van der Waals surface area contributed by atoms with Crippen LogP contribution in [0.2, 0.25) is 0 Å². The van der Waals surface area contributed by atoms with Gasteiger partial charge < -0.3 is 10.2 Å². The number of nitrogens with zero attached hydrogens (tertiary/aromatic N) is 1. The minimum atomic E-state index is -0.126. The van der Waals surface area contributed by atoms with E-state index in [9.17, 15) is 4.39 Å². The molecule has 0 aliphatic carbocycles. The molecule has 0 aliphatic heterocycles. The summed E-state index contributed by atoms with van der Waals surface area (Å²) in [6, 6.07) is 7.08. The Balaban J connectivity index is 2.91. The lowest BCUT2D eigenvalue weighted by Gasteiger charge is -2.38. The number of nitrogens with one attached hydrogen (secondary N) is 1. The van der Waals surface area contributed by atoms with Gasteiger partial charge in [-0.05, 0) is 43.9 Å². The zero-order chi connectivity index (χ0) is 15.0. The summed E-state index contributed by atoms with van der Waals surface area (Å²) in [5.41, 5.74) is 0.923. The highest BCUT2D eigenvalue weighted by Gasteiger charge is 2.28. The predicted molar refractivity (Wildman–Crippen MR) is 85.8 cm³/mol. The van der Waals surface area contributed by atoms with Crippen LogP contribution >= 0.6 is 0 Å². The van der Waals surface area contributed by atoms with E-state index in [0.717, 1.165) is 44.7 Å². The molecule has 0 radical (unpaired) electrons. The van der Waals surface area contributed by atoms with Gasteiger partial charge in [-0.3, -0.25) is 0 Å². The van der Waals surface area contributed by atoms with E-state index in [1.165, 1.54) is 0 Å². The van der Waals surface area contributed by atoms with E-state index >= 15 is 0 Å². The van der Waals surface area contributed by atoms with Crippen molar-refractivity contribution in [3.63, 3.8) is 0 Å². The van der Waals surface area contributed by atoms with Crippen molar-refractivity contribution in [1.82, 2.24) is 5.32 Å².